The number of hydrogen-bond acceptors (Lipinski definition) is 7. The highest BCUT2D eigenvalue weighted by Gasteiger charge is 2.18. The molecule has 0 aliphatic carbocycles. The number of nitrogen functional groups attached to an aromatic ring is 1. The van der Waals surface area contributed by atoms with Gasteiger partial charge in [0, 0.05) is 0 Å². The molecule has 0 bridgehead atoms. The maximum Gasteiger partial charge on any atom is 0.231 e. The van der Waals surface area contributed by atoms with Crippen molar-refractivity contribution >= 4 is 39.9 Å². The van der Waals surface area contributed by atoms with Crippen molar-refractivity contribution < 1.29 is 9.59 Å². The van der Waals surface area contributed by atoms with Gasteiger partial charge in [-0.2, -0.15) is 0 Å². The molecular formula is C14H16N4O2S2. The minimum Gasteiger partial charge on any atom is -0.374 e. The average molecular weight is 336 g/mol. The first-order valence-corrected chi connectivity index (χ1v) is 8.40. The maximum atomic E-state index is 12.0. The number of ketones is 1. The summed E-state index contributed by atoms with van der Waals surface area (Å²) in [5.41, 5.74) is 6.48. The van der Waals surface area contributed by atoms with Crippen LogP contribution in [0, 0.1) is 0 Å². The highest BCUT2D eigenvalue weighted by molar-refractivity contribution is 8.01. The zero-order valence-corrected chi connectivity index (χ0v) is 13.6. The Hall–Kier alpha value is -1.93. The van der Waals surface area contributed by atoms with Crippen LogP contribution in [0.3, 0.4) is 0 Å². The van der Waals surface area contributed by atoms with E-state index in [-0.39, 0.29) is 17.4 Å². The van der Waals surface area contributed by atoms with Crippen molar-refractivity contribution in [2.75, 3.05) is 11.5 Å². The van der Waals surface area contributed by atoms with Gasteiger partial charge < -0.3 is 11.1 Å². The zero-order chi connectivity index (χ0) is 15.9. The molecule has 6 nitrogen and oxygen atoms in total. The second-order valence-electron chi connectivity index (χ2n) is 4.62. The molecule has 22 heavy (non-hydrogen) atoms. The van der Waals surface area contributed by atoms with Crippen LogP contribution in [0.4, 0.5) is 5.13 Å². The number of anilines is 1. The predicted octanol–water partition coefficient (Wildman–Crippen LogP) is 1.53. The third-order valence-corrected chi connectivity index (χ3v) is 4.74. The highest BCUT2D eigenvalue weighted by atomic mass is 32.2. The van der Waals surface area contributed by atoms with Crippen molar-refractivity contribution in [2.24, 2.45) is 0 Å². The van der Waals surface area contributed by atoms with E-state index in [9.17, 15) is 9.59 Å². The number of aromatic nitrogens is 2. The van der Waals surface area contributed by atoms with Gasteiger partial charge in [-0.25, -0.2) is 0 Å². The fraction of sp³-hybridized carbons (Fsp3) is 0.286. The summed E-state index contributed by atoms with van der Waals surface area (Å²) in [5, 5.41) is 10.6. The zero-order valence-electron chi connectivity index (χ0n) is 12.0. The second-order valence-corrected chi connectivity index (χ2v) is 6.85. The lowest BCUT2D eigenvalue weighted by atomic mass is 10.0. The maximum absolute atomic E-state index is 12.0. The number of carbonyl (C=O) groups excluding carboxylic acids is 2. The number of nitrogens with two attached hydrogens (primary N) is 1. The Bertz CT molecular complexity index is 645. The molecule has 116 valence electrons. The van der Waals surface area contributed by atoms with E-state index in [0.29, 0.717) is 15.9 Å². The van der Waals surface area contributed by atoms with Gasteiger partial charge in [-0.15, -0.1) is 10.2 Å². The first-order valence-electron chi connectivity index (χ1n) is 6.60. The van der Waals surface area contributed by atoms with Crippen LogP contribution < -0.4 is 11.1 Å². The summed E-state index contributed by atoms with van der Waals surface area (Å²) in [5.74, 6) is -0.106. The first-order chi connectivity index (χ1) is 10.5. The number of hydrogen-bond donors (Lipinski definition) is 2. The van der Waals surface area contributed by atoms with Crippen molar-refractivity contribution in [3.05, 3.63) is 35.9 Å². The number of rotatable bonds is 7. The normalized spacial score (nSPS) is 11.9. The summed E-state index contributed by atoms with van der Waals surface area (Å²) in [4.78, 5) is 23.7. The fourth-order valence-corrected chi connectivity index (χ4v) is 3.24. The van der Waals surface area contributed by atoms with Crippen LogP contribution in [0.2, 0.25) is 0 Å². The molecule has 1 aromatic heterocycles. The molecule has 0 aliphatic rings. The van der Waals surface area contributed by atoms with Gasteiger partial charge >= 0.3 is 0 Å². The van der Waals surface area contributed by atoms with Crippen LogP contribution in [0.15, 0.2) is 34.7 Å². The molecule has 2 aromatic rings. The Morgan fingerprint density at radius 2 is 2.05 bits per heavy atom. The molecule has 0 spiro atoms. The molecule has 3 N–H and O–H groups in total. The first kappa shape index (κ1) is 16.4. The summed E-state index contributed by atoms with van der Waals surface area (Å²) < 4.78 is 0.634. The van der Waals surface area contributed by atoms with Gasteiger partial charge in [0.25, 0.3) is 0 Å². The van der Waals surface area contributed by atoms with E-state index in [1.807, 2.05) is 30.3 Å². The molecule has 1 amide bonds. The SMILES string of the molecule is CC(=O)[C@@H](Cc1ccccc1)NC(=O)CSc1nnc(N)s1. The molecule has 1 heterocycles. The Kier molecular flexibility index (Phi) is 5.91. The van der Waals surface area contributed by atoms with E-state index >= 15 is 0 Å². The summed E-state index contributed by atoms with van der Waals surface area (Å²) in [6, 6.07) is 9.07. The Morgan fingerprint density at radius 1 is 1.32 bits per heavy atom. The number of nitrogens with zero attached hydrogens (tertiary/aromatic N) is 2. The molecule has 0 unspecified atom stereocenters. The van der Waals surface area contributed by atoms with E-state index in [1.54, 1.807) is 0 Å². The van der Waals surface area contributed by atoms with E-state index in [2.05, 4.69) is 15.5 Å². The van der Waals surface area contributed by atoms with Gasteiger partial charge in [0.05, 0.1) is 11.8 Å². The molecule has 0 saturated heterocycles. The van der Waals surface area contributed by atoms with Gasteiger partial charge in [-0.05, 0) is 18.9 Å². The Morgan fingerprint density at radius 3 is 2.64 bits per heavy atom. The third kappa shape index (κ3) is 5.12. The summed E-state index contributed by atoms with van der Waals surface area (Å²) >= 11 is 2.48. The topological polar surface area (TPSA) is 98.0 Å². The highest BCUT2D eigenvalue weighted by Crippen LogP contribution is 2.23. The summed E-state index contributed by atoms with van der Waals surface area (Å²) in [6.07, 6.45) is 0.484. The Labute approximate surface area is 136 Å². The lowest BCUT2D eigenvalue weighted by Gasteiger charge is -2.15. The number of Topliss-reactive ketones (excluding diaryl/α,β-unsaturated/α-hetero) is 1. The molecule has 1 aromatic carbocycles. The molecule has 1 atom stereocenters. The second kappa shape index (κ2) is 7.90. The minimum atomic E-state index is -0.519. The van der Waals surface area contributed by atoms with E-state index in [4.69, 9.17) is 5.73 Å². The van der Waals surface area contributed by atoms with Crippen molar-refractivity contribution in [1.82, 2.24) is 15.5 Å². The quantitative estimate of drug-likeness (QED) is 0.744. The lowest BCUT2D eigenvalue weighted by Crippen LogP contribution is -2.42. The number of amides is 1. The minimum absolute atomic E-state index is 0.0673. The average Bonchev–Trinajstić information content (AvgIpc) is 2.91. The van der Waals surface area contributed by atoms with Crippen LogP contribution in [-0.2, 0) is 16.0 Å². The van der Waals surface area contributed by atoms with Crippen LogP contribution in [-0.4, -0.2) is 33.7 Å². The number of thioether (sulfide) groups is 1. The van der Waals surface area contributed by atoms with Crippen molar-refractivity contribution in [3.8, 4) is 0 Å². The van der Waals surface area contributed by atoms with Crippen LogP contribution >= 0.6 is 23.1 Å². The number of nitrogens with one attached hydrogen (secondary N) is 1. The van der Waals surface area contributed by atoms with Gasteiger partial charge in [-0.1, -0.05) is 53.4 Å². The van der Waals surface area contributed by atoms with Crippen molar-refractivity contribution in [3.63, 3.8) is 0 Å². The summed E-state index contributed by atoms with van der Waals surface area (Å²) in [6.45, 7) is 1.48. The largest absolute Gasteiger partial charge is 0.374 e. The monoisotopic (exact) mass is 336 g/mol. The fourth-order valence-electron chi connectivity index (χ4n) is 1.79. The van der Waals surface area contributed by atoms with Gasteiger partial charge in [0.1, 0.15) is 0 Å². The standard InChI is InChI=1S/C14H16N4O2S2/c1-9(19)11(7-10-5-3-2-4-6-10)16-12(20)8-21-14-18-17-13(15)22-14/h2-6,11H,7-8H2,1H3,(H2,15,17)(H,16,20)/t11-/m1/s1. The molecule has 0 saturated carbocycles. The lowest BCUT2D eigenvalue weighted by molar-refractivity contribution is -0.125. The molecule has 2 rings (SSSR count). The third-order valence-electron chi connectivity index (χ3n) is 2.86. The van der Waals surface area contributed by atoms with E-state index < -0.39 is 6.04 Å². The predicted molar refractivity (Wildman–Crippen MR) is 87.8 cm³/mol. The van der Waals surface area contributed by atoms with Gasteiger partial charge in [0.2, 0.25) is 11.0 Å². The van der Waals surface area contributed by atoms with Crippen molar-refractivity contribution in [1.29, 1.82) is 0 Å². The van der Waals surface area contributed by atoms with E-state index in [1.165, 1.54) is 30.0 Å². The molecule has 0 fully saturated rings. The van der Waals surface area contributed by atoms with E-state index in [0.717, 1.165) is 5.56 Å². The van der Waals surface area contributed by atoms with Crippen LogP contribution in [0.25, 0.3) is 0 Å². The molecule has 0 aliphatic heterocycles. The summed E-state index contributed by atoms with van der Waals surface area (Å²) in [7, 11) is 0. The number of benzene rings is 1. The molecule has 0 radical (unpaired) electrons. The van der Waals surface area contributed by atoms with Crippen molar-refractivity contribution in [2.45, 2.75) is 23.7 Å². The van der Waals surface area contributed by atoms with Crippen LogP contribution in [0.5, 0.6) is 0 Å². The van der Waals surface area contributed by atoms with Crippen LogP contribution in [0.1, 0.15) is 12.5 Å². The van der Waals surface area contributed by atoms with Gasteiger partial charge in [0.15, 0.2) is 10.1 Å². The molecule has 8 heteroatoms. The smallest absolute Gasteiger partial charge is 0.231 e. The Balaban J connectivity index is 1.87. The number of carbonyl (C=O) groups is 2. The van der Waals surface area contributed by atoms with Gasteiger partial charge in [-0.3, -0.25) is 9.59 Å². The molecular weight excluding hydrogens is 320 g/mol.